The average molecular weight is 471 g/mol. The van der Waals surface area contributed by atoms with Gasteiger partial charge in [-0.15, -0.1) is 0 Å². The van der Waals surface area contributed by atoms with Crippen molar-refractivity contribution in [2.24, 2.45) is 5.92 Å². The van der Waals surface area contributed by atoms with Gasteiger partial charge in [-0.25, -0.2) is 4.79 Å². The summed E-state index contributed by atoms with van der Waals surface area (Å²) in [6.07, 6.45) is 0.492. The fourth-order valence-electron chi connectivity index (χ4n) is 3.17. The van der Waals surface area contributed by atoms with Crippen molar-refractivity contribution in [2.75, 3.05) is 6.61 Å². The molecule has 1 saturated heterocycles. The van der Waals surface area contributed by atoms with Crippen LogP contribution in [0.3, 0.4) is 0 Å². The van der Waals surface area contributed by atoms with Gasteiger partial charge < -0.3 is 13.6 Å². The highest BCUT2D eigenvalue weighted by Crippen LogP contribution is 2.44. The summed E-state index contributed by atoms with van der Waals surface area (Å²) < 4.78 is 21.2. The third kappa shape index (κ3) is 5.68. The molecule has 2 rings (SSSR count). The molecular formula is C22H42N2O5Si2. The van der Waals surface area contributed by atoms with Gasteiger partial charge in [0.05, 0.1) is 12.7 Å². The summed E-state index contributed by atoms with van der Waals surface area (Å²) in [4.78, 5) is 26.3. The number of ether oxygens (including phenoxy) is 1. The molecule has 0 aliphatic carbocycles. The molecule has 31 heavy (non-hydrogen) atoms. The van der Waals surface area contributed by atoms with Gasteiger partial charge in [-0.05, 0) is 36.3 Å². The number of aromatic amines is 1. The third-order valence-corrected chi connectivity index (χ3v) is 16.4. The molecule has 1 N–H and O–H groups in total. The molecule has 1 aromatic heterocycles. The Morgan fingerprint density at radius 1 is 1.03 bits per heavy atom. The molecule has 0 spiro atoms. The SMILES string of the molecule is C[C@H]1C(O[Si](C)(C)C(C)(C)C)[C@@H](CO[Si](C)(C)C(C)(C)C)O[C@H]1n1ccc(=O)[nH]c1=O. The van der Waals surface area contributed by atoms with Gasteiger partial charge in [-0.2, -0.15) is 0 Å². The van der Waals surface area contributed by atoms with Gasteiger partial charge in [0.25, 0.3) is 5.56 Å². The summed E-state index contributed by atoms with van der Waals surface area (Å²) in [5.74, 6) is -0.0780. The molecular weight excluding hydrogens is 428 g/mol. The summed E-state index contributed by atoms with van der Waals surface area (Å²) >= 11 is 0. The monoisotopic (exact) mass is 470 g/mol. The fourth-order valence-corrected chi connectivity index (χ4v) is 5.58. The lowest BCUT2D eigenvalue weighted by Gasteiger charge is -2.41. The predicted octanol–water partition coefficient (Wildman–Crippen LogP) is 4.48. The second kappa shape index (κ2) is 8.74. The van der Waals surface area contributed by atoms with E-state index in [4.69, 9.17) is 13.6 Å². The van der Waals surface area contributed by atoms with E-state index in [0.717, 1.165) is 0 Å². The maximum Gasteiger partial charge on any atom is 0.330 e. The Hall–Kier alpha value is -1.01. The minimum absolute atomic E-state index is 0.0461. The minimum atomic E-state index is -2.09. The molecule has 0 aromatic carbocycles. The van der Waals surface area contributed by atoms with E-state index in [1.54, 1.807) is 0 Å². The predicted molar refractivity (Wildman–Crippen MR) is 130 cm³/mol. The number of hydrogen-bond donors (Lipinski definition) is 1. The Bertz CT molecular complexity index is 879. The van der Waals surface area contributed by atoms with E-state index in [1.165, 1.54) is 16.8 Å². The van der Waals surface area contributed by atoms with E-state index in [-0.39, 0.29) is 28.2 Å². The van der Waals surface area contributed by atoms with Crippen molar-refractivity contribution >= 4 is 16.6 Å². The highest BCUT2D eigenvalue weighted by Gasteiger charge is 2.50. The number of aromatic nitrogens is 2. The molecule has 0 bridgehead atoms. The molecule has 0 saturated carbocycles. The summed E-state index contributed by atoms with van der Waals surface area (Å²) in [7, 11) is -4.07. The molecule has 2 heterocycles. The van der Waals surface area contributed by atoms with Crippen LogP contribution in [0.4, 0.5) is 0 Å². The molecule has 7 nitrogen and oxygen atoms in total. The lowest BCUT2D eigenvalue weighted by molar-refractivity contribution is -0.0436. The number of rotatable bonds is 6. The average Bonchev–Trinajstić information content (AvgIpc) is 2.87. The number of hydrogen-bond acceptors (Lipinski definition) is 5. The van der Waals surface area contributed by atoms with E-state index in [1.807, 2.05) is 6.92 Å². The molecule has 1 aliphatic rings. The van der Waals surface area contributed by atoms with Crippen molar-refractivity contribution < 1.29 is 13.6 Å². The highest BCUT2D eigenvalue weighted by molar-refractivity contribution is 6.74. The van der Waals surface area contributed by atoms with Crippen molar-refractivity contribution in [3.8, 4) is 0 Å². The van der Waals surface area contributed by atoms with Crippen LogP contribution >= 0.6 is 0 Å². The Labute approximate surface area is 188 Å². The lowest BCUT2D eigenvalue weighted by atomic mass is 10.0. The van der Waals surface area contributed by atoms with Crippen LogP contribution in [0.1, 0.15) is 54.7 Å². The van der Waals surface area contributed by atoms with Gasteiger partial charge in [0.1, 0.15) is 12.3 Å². The first-order chi connectivity index (χ1) is 13.9. The van der Waals surface area contributed by atoms with Crippen LogP contribution in [0, 0.1) is 5.92 Å². The molecule has 1 unspecified atom stereocenters. The van der Waals surface area contributed by atoms with Crippen molar-refractivity contribution in [3.05, 3.63) is 33.1 Å². The summed E-state index contributed by atoms with van der Waals surface area (Å²) in [6.45, 7) is 24.6. The smallest absolute Gasteiger partial charge is 0.330 e. The quantitative estimate of drug-likeness (QED) is 0.620. The molecule has 0 amide bonds. The van der Waals surface area contributed by atoms with Gasteiger partial charge in [0.2, 0.25) is 0 Å². The first-order valence-electron chi connectivity index (χ1n) is 11.2. The van der Waals surface area contributed by atoms with Gasteiger partial charge in [0.15, 0.2) is 16.6 Å². The van der Waals surface area contributed by atoms with Crippen LogP contribution in [0.5, 0.6) is 0 Å². The Kier molecular flexibility index (Phi) is 7.40. The molecule has 0 radical (unpaired) electrons. The third-order valence-electron chi connectivity index (χ3n) is 7.43. The lowest BCUT2D eigenvalue weighted by Crippen LogP contribution is -2.49. The zero-order chi connectivity index (χ0) is 24.0. The topological polar surface area (TPSA) is 82.6 Å². The Morgan fingerprint density at radius 2 is 1.58 bits per heavy atom. The van der Waals surface area contributed by atoms with Crippen LogP contribution in [-0.4, -0.2) is 45.0 Å². The van der Waals surface area contributed by atoms with Gasteiger partial charge in [0, 0.05) is 18.2 Å². The number of nitrogens with zero attached hydrogens (tertiary/aromatic N) is 1. The molecule has 1 aliphatic heterocycles. The second-order valence-corrected chi connectivity index (χ2v) is 21.4. The van der Waals surface area contributed by atoms with Gasteiger partial charge >= 0.3 is 5.69 Å². The standard InChI is InChI=1S/C22H42N2O5Si2/c1-15-18(29-31(10,11)22(5,6)7)16(14-27-30(8,9)21(2,3)4)28-19(15)24-13-12-17(25)23-20(24)26/h12-13,15-16,18-19H,14H2,1-11H3,(H,23,25,26)/t15-,16+,18?,19+/m0/s1. The van der Waals surface area contributed by atoms with E-state index < -0.39 is 34.1 Å². The summed E-state index contributed by atoms with van der Waals surface area (Å²) in [5.41, 5.74) is -0.889. The van der Waals surface area contributed by atoms with Crippen LogP contribution in [0.15, 0.2) is 21.9 Å². The fraction of sp³-hybridized carbons (Fsp3) is 0.818. The maximum atomic E-state index is 12.4. The van der Waals surface area contributed by atoms with E-state index in [0.29, 0.717) is 6.61 Å². The summed E-state index contributed by atoms with van der Waals surface area (Å²) in [5, 5.41) is 0.132. The van der Waals surface area contributed by atoms with Crippen molar-refractivity contribution in [1.29, 1.82) is 0 Å². The second-order valence-electron chi connectivity index (χ2n) is 11.9. The van der Waals surface area contributed by atoms with E-state index in [2.05, 4.69) is 72.7 Å². The molecule has 4 atom stereocenters. The molecule has 1 fully saturated rings. The molecule has 178 valence electrons. The Morgan fingerprint density at radius 3 is 2.06 bits per heavy atom. The van der Waals surface area contributed by atoms with Crippen molar-refractivity contribution in [1.82, 2.24) is 9.55 Å². The number of H-pyrrole nitrogens is 1. The largest absolute Gasteiger partial charge is 0.414 e. The zero-order valence-electron chi connectivity index (χ0n) is 21.2. The maximum absolute atomic E-state index is 12.4. The van der Waals surface area contributed by atoms with Crippen LogP contribution in [0.2, 0.25) is 36.3 Å². The highest BCUT2D eigenvalue weighted by atomic mass is 28.4. The van der Waals surface area contributed by atoms with Crippen LogP contribution in [-0.2, 0) is 13.6 Å². The molecule has 9 heteroatoms. The van der Waals surface area contributed by atoms with Crippen LogP contribution in [0.25, 0.3) is 0 Å². The zero-order valence-corrected chi connectivity index (χ0v) is 23.2. The van der Waals surface area contributed by atoms with E-state index >= 15 is 0 Å². The Balaban J connectivity index is 2.37. The van der Waals surface area contributed by atoms with Crippen molar-refractivity contribution in [3.63, 3.8) is 0 Å². The van der Waals surface area contributed by atoms with Gasteiger partial charge in [-0.1, -0.05) is 48.5 Å². The number of nitrogens with one attached hydrogen (secondary N) is 1. The normalized spacial score (nSPS) is 25.8. The van der Waals surface area contributed by atoms with Crippen LogP contribution < -0.4 is 11.2 Å². The summed E-state index contributed by atoms with van der Waals surface area (Å²) in [6, 6.07) is 1.35. The minimum Gasteiger partial charge on any atom is -0.414 e. The first kappa shape index (κ1) is 26.2. The van der Waals surface area contributed by atoms with Gasteiger partial charge in [-0.3, -0.25) is 14.3 Å². The molecule has 1 aromatic rings. The van der Waals surface area contributed by atoms with E-state index in [9.17, 15) is 9.59 Å². The van der Waals surface area contributed by atoms with Crippen molar-refractivity contribution in [2.45, 2.75) is 103 Å². The first-order valence-corrected chi connectivity index (χ1v) is 17.0.